The highest BCUT2D eigenvalue weighted by Crippen LogP contribution is 2.42. The van der Waals surface area contributed by atoms with Crippen LogP contribution in [0.1, 0.15) is 69.2 Å². The monoisotopic (exact) mass is 267 g/mol. The van der Waals surface area contributed by atoms with Gasteiger partial charge in [-0.25, -0.2) is 0 Å². The molecule has 112 valence electrons. The minimum atomic E-state index is -0.472. The maximum Gasteiger partial charge on any atom is 0.233 e. The largest absolute Gasteiger partial charge is 0.337 e. The lowest BCUT2D eigenvalue weighted by Gasteiger charge is -2.44. The summed E-state index contributed by atoms with van der Waals surface area (Å²) in [7, 11) is 0. The third kappa shape index (κ3) is 4.09. The molecular formula is C17H33NO. The Morgan fingerprint density at radius 1 is 0.947 bits per heavy atom. The van der Waals surface area contributed by atoms with Crippen LogP contribution in [0.25, 0.3) is 0 Å². The summed E-state index contributed by atoms with van der Waals surface area (Å²) >= 11 is 0. The van der Waals surface area contributed by atoms with E-state index in [2.05, 4.69) is 75.3 Å². The Morgan fingerprint density at radius 3 is 1.53 bits per heavy atom. The molecule has 0 rings (SSSR count). The van der Waals surface area contributed by atoms with Crippen LogP contribution in [0.15, 0.2) is 11.6 Å². The van der Waals surface area contributed by atoms with E-state index >= 15 is 0 Å². The van der Waals surface area contributed by atoms with Gasteiger partial charge in [-0.2, -0.15) is 0 Å². The molecule has 0 saturated heterocycles. The van der Waals surface area contributed by atoms with Crippen LogP contribution < -0.4 is 0 Å². The predicted octanol–water partition coefficient (Wildman–Crippen LogP) is 4.65. The van der Waals surface area contributed by atoms with Crippen molar-refractivity contribution in [3.05, 3.63) is 11.6 Å². The topological polar surface area (TPSA) is 20.3 Å². The number of amides is 1. The first kappa shape index (κ1) is 18.2. The molecule has 0 aliphatic rings. The summed E-state index contributed by atoms with van der Waals surface area (Å²) in [5, 5.41) is 0. The van der Waals surface area contributed by atoms with Crippen LogP contribution in [0, 0.1) is 10.8 Å². The van der Waals surface area contributed by atoms with Crippen molar-refractivity contribution in [2.75, 3.05) is 0 Å². The van der Waals surface area contributed by atoms with Crippen LogP contribution in [0.5, 0.6) is 0 Å². The van der Waals surface area contributed by atoms with Gasteiger partial charge in [0.2, 0.25) is 5.91 Å². The van der Waals surface area contributed by atoms with E-state index in [1.165, 1.54) is 5.57 Å². The number of carbonyl (C=O) groups is 1. The van der Waals surface area contributed by atoms with Gasteiger partial charge in [-0.3, -0.25) is 4.79 Å². The molecule has 0 aromatic carbocycles. The van der Waals surface area contributed by atoms with Crippen molar-refractivity contribution >= 4 is 5.91 Å². The Kier molecular flexibility index (Phi) is 5.85. The highest BCUT2D eigenvalue weighted by atomic mass is 16.2. The molecule has 0 bridgehead atoms. The molecule has 0 heterocycles. The number of hydrogen-bond acceptors (Lipinski definition) is 1. The van der Waals surface area contributed by atoms with Crippen LogP contribution in [-0.2, 0) is 4.79 Å². The fourth-order valence-electron chi connectivity index (χ4n) is 2.51. The van der Waals surface area contributed by atoms with Gasteiger partial charge in [0, 0.05) is 12.1 Å². The van der Waals surface area contributed by atoms with E-state index in [1.807, 2.05) is 4.90 Å². The highest BCUT2D eigenvalue weighted by molar-refractivity contribution is 5.85. The number of nitrogens with zero attached hydrogens (tertiary/aromatic N) is 1. The first-order valence-corrected chi connectivity index (χ1v) is 7.33. The minimum absolute atomic E-state index is 0.108. The molecule has 2 nitrogen and oxygen atoms in total. The van der Waals surface area contributed by atoms with Crippen molar-refractivity contribution in [3.63, 3.8) is 0 Å². The Morgan fingerprint density at radius 2 is 1.32 bits per heavy atom. The van der Waals surface area contributed by atoms with Gasteiger partial charge < -0.3 is 4.90 Å². The summed E-state index contributed by atoms with van der Waals surface area (Å²) in [5.41, 5.74) is 0.613. The van der Waals surface area contributed by atoms with Gasteiger partial charge >= 0.3 is 0 Å². The van der Waals surface area contributed by atoms with Gasteiger partial charge in [0.1, 0.15) is 0 Å². The maximum atomic E-state index is 13.1. The van der Waals surface area contributed by atoms with Crippen molar-refractivity contribution in [1.29, 1.82) is 0 Å². The number of hydrogen-bond donors (Lipinski definition) is 0. The van der Waals surface area contributed by atoms with E-state index in [0.29, 0.717) is 0 Å². The number of allylic oxidation sites excluding steroid dienone is 1. The van der Waals surface area contributed by atoms with Crippen molar-refractivity contribution in [2.45, 2.75) is 81.3 Å². The normalized spacial score (nSPS) is 15.4. The molecule has 1 atom stereocenters. The van der Waals surface area contributed by atoms with Gasteiger partial charge in [0.05, 0.1) is 5.41 Å². The molecule has 0 N–H and O–H groups in total. The van der Waals surface area contributed by atoms with Gasteiger partial charge in [0.15, 0.2) is 0 Å². The molecule has 0 saturated carbocycles. The lowest BCUT2D eigenvalue weighted by molar-refractivity contribution is -0.147. The quantitative estimate of drug-likeness (QED) is 0.679. The lowest BCUT2D eigenvalue weighted by atomic mass is 9.66. The molecule has 0 aromatic rings. The molecule has 0 spiro atoms. The SMILES string of the molecule is CC(C)=CC(C)(C(=O)N(C(C)C)C(C)C)C(C)(C)C. The maximum absolute atomic E-state index is 13.1. The van der Waals surface area contributed by atoms with E-state index < -0.39 is 5.41 Å². The van der Waals surface area contributed by atoms with Gasteiger partial charge in [-0.1, -0.05) is 32.4 Å². The van der Waals surface area contributed by atoms with Crippen LogP contribution in [-0.4, -0.2) is 22.9 Å². The van der Waals surface area contributed by atoms with Crippen LogP contribution in [0.3, 0.4) is 0 Å². The Bertz CT molecular complexity index is 335. The molecule has 0 aliphatic heterocycles. The van der Waals surface area contributed by atoms with Crippen molar-refractivity contribution < 1.29 is 4.79 Å². The van der Waals surface area contributed by atoms with Gasteiger partial charge in [-0.05, 0) is 53.9 Å². The van der Waals surface area contributed by atoms with Crippen molar-refractivity contribution in [2.24, 2.45) is 10.8 Å². The lowest BCUT2D eigenvalue weighted by Crippen LogP contribution is -2.53. The summed E-state index contributed by atoms with van der Waals surface area (Å²) in [4.78, 5) is 15.1. The molecule has 1 unspecified atom stereocenters. The fraction of sp³-hybridized carbons (Fsp3) is 0.824. The second-order valence-electron chi connectivity index (χ2n) is 7.57. The molecule has 0 radical (unpaired) electrons. The van der Waals surface area contributed by atoms with Crippen molar-refractivity contribution in [1.82, 2.24) is 4.90 Å². The van der Waals surface area contributed by atoms with E-state index in [0.717, 1.165) is 0 Å². The first-order valence-electron chi connectivity index (χ1n) is 7.33. The molecule has 1 amide bonds. The first-order chi connectivity index (χ1) is 8.34. The van der Waals surface area contributed by atoms with E-state index in [4.69, 9.17) is 0 Å². The third-order valence-corrected chi connectivity index (χ3v) is 3.93. The molecule has 0 fully saturated rings. The summed E-state index contributed by atoms with van der Waals surface area (Å²) in [6, 6.07) is 0.444. The van der Waals surface area contributed by atoms with Crippen LogP contribution in [0.4, 0.5) is 0 Å². The summed E-state index contributed by atoms with van der Waals surface area (Å²) < 4.78 is 0. The highest BCUT2D eigenvalue weighted by Gasteiger charge is 2.45. The average Bonchev–Trinajstić information content (AvgIpc) is 2.12. The number of carbonyl (C=O) groups excluding carboxylic acids is 1. The molecule has 2 heteroatoms. The average molecular weight is 267 g/mol. The molecule has 19 heavy (non-hydrogen) atoms. The predicted molar refractivity (Wildman–Crippen MR) is 84.1 cm³/mol. The van der Waals surface area contributed by atoms with Crippen molar-refractivity contribution in [3.8, 4) is 0 Å². The van der Waals surface area contributed by atoms with E-state index in [9.17, 15) is 4.79 Å². The zero-order valence-corrected chi connectivity index (χ0v) is 14.6. The number of rotatable bonds is 4. The Hall–Kier alpha value is -0.790. The van der Waals surface area contributed by atoms with E-state index in [-0.39, 0.29) is 23.4 Å². The van der Waals surface area contributed by atoms with Gasteiger partial charge in [-0.15, -0.1) is 0 Å². The summed E-state index contributed by atoms with van der Waals surface area (Å²) in [6.45, 7) is 21.0. The zero-order valence-electron chi connectivity index (χ0n) is 14.6. The van der Waals surface area contributed by atoms with Crippen LogP contribution in [0.2, 0.25) is 0 Å². The molecule has 0 aliphatic carbocycles. The second-order valence-corrected chi connectivity index (χ2v) is 7.57. The molecule has 0 aromatic heterocycles. The Labute approximate surface area is 120 Å². The smallest absolute Gasteiger partial charge is 0.233 e. The van der Waals surface area contributed by atoms with Crippen LogP contribution >= 0.6 is 0 Å². The standard InChI is InChI=1S/C17H33NO/c1-12(2)11-17(10,16(7,8)9)15(19)18(13(3)4)14(5)6/h11,13-14H,1-10H3. The minimum Gasteiger partial charge on any atom is -0.337 e. The molecular weight excluding hydrogens is 234 g/mol. The fourth-order valence-corrected chi connectivity index (χ4v) is 2.51. The third-order valence-electron chi connectivity index (χ3n) is 3.93. The summed E-state index contributed by atoms with van der Waals surface area (Å²) in [6.07, 6.45) is 2.13. The zero-order chi connectivity index (χ0) is 15.6. The second kappa shape index (κ2) is 6.11. The van der Waals surface area contributed by atoms with Gasteiger partial charge in [0.25, 0.3) is 0 Å². The Balaban J connectivity index is 5.78. The summed E-state index contributed by atoms with van der Waals surface area (Å²) in [5.74, 6) is 0.228. The van der Waals surface area contributed by atoms with E-state index in [1.54, 1.807) is 0 Å².